The summed E-state index contributed by atoms with van der Waals surface area (Å²) in [6.07, 6.45) is 2.30. The van der Waals surface area contributed by atoms with Crippen LogP contribution in [-0.4, -0.2) is 22.5 Å². The Bertz CT molecular complexity index is 982. The highest BCUT2D eigenvalue weighted by Gasteiger charge is 2.20. The van der Waals surface area contributed by atoms with Crippen LogP contribution < -0.4 is 10.2 Å². The summed E-state index contributed by atoms with van der Waals surface area (Å²) >= 11 is 6.23. The van der Waals surface area contributed by atoms with Crippen molar-refractivity contribution in [1.82, 2.24) is 14.9 Å². The number of aryl methyl sites for hydroxylation is 1. The number of amides is 1. The first kappa shape index (κ1) is 21.3. The highest BCUT2D eigenvalue weighted by Crippen LogP contribution is 2.25. The SMILES string of the molecule is CCCC(=O)N(Cc1nc2ccc(Cl)cc2n1CCC)c1cccc(CNC)c1. The van der Waals surface area contributed by atoms with Crippen LogP contribution in [-0.2, 0) is 24.4 Å². The van der Waals surface area contributed by atoms with Crippen molar-refractivity contribution in [3.05, 3.63) is 58.9 Å². The lowest BCUT2D eigenvalue weighted by molar-refractivity contribution is -0.118. The summed E-state index contributed by atoms with van der Waals surface area (Å²) in [5.41, 5.74) is 3.98. The molecule has 0 unspecified atom stereocenters. The molecule has 0 aliphatic rings. The van der Waals surface area contributed by atoms with Gasteiger partial charge in [-0.05, 0) is 55.8 Å². The Hall–Kier alpha value is -2.37. The normalized spacial score (nSPS) is 11.2. The topological polar surface area (TPSA) is 50.2 Å². The van der Waals surface area contributed by atoms with Crippen molar-refractivity contribution >= 4 is 34.2 Å². The minimum Gasteiger partial charge on any atom is -0.326 e. The third kappa shape index (κ3) is 4.98. The number of carbonyl (C=O) groups is 1. The molecule has 0 atom stereocenters. The average Bonchev–Trinajstić information content (AvgIpc) is 3.03. The lowest BCUT2D eigenvalue weighted by Crippen LogP contribution is -2.31. The molecule has 0 radical (unpaired) electrons. The second-order valence-corrected chi connectivity index (χ2v) is 7.68. The maximum atomic E-state index is 13.0. The van der Waals surface area contributed by atoms with Crippen LogP contribution in [0.5, 0.6) is 0 Å². The van der Waals surface area contributed by atoms with Crippen molar-refractivity contribution < 1.29 is 4.79 Å². The molecule has 5 nitrogen and oxygen atoms in total. The molecular formula is C23H29ClN4O. The van der Waals surface area contributed by atoms with E-state index in [0.717, 1.165) is 54.0 Å². The van der Waals surface area contributed by atoms with Gasteiger partial charge in [0.25, 0.3) is 0 Å². The molecule has 3 rings (SSSR count). The zero-order valence-electron chi connectivity index (χ0n) is 17.4. The molecule has 6 heteroatoms. The molecule has 1 amide bonds. The van der Waals surface area contributed by atoms with E-state index in [0.29, 0.717) is 18.0 Å². The number of imidazole rings is 1. The highest BCUT2D eigenvalue weighted by molar-refractivity contribution is 6.31. The van der Waals surface area contributed by atoms with Crippen molar-refractivity contribution in [2.24, 2.45) is 0 Å². The van der Waals surface area contributed by atoms with Crippen molar-refractivity contribution in [2.75, 3.05) is 11.9 Å². The van der Waals surface area contributed by atoms with E-state index in [1.807, 2.05) is 49.2 Å². The Morgan fingerprint density at radius 1 is 1.17 bits per heavy atom. The van der Waals surface area contributed by atoms with Crippen molar-refractivity contribution in [3.8, 4) is 0 Å². The predicted octanol–water partition coefficient (Wildman–Crippen LogP) is 5.15. The van der Waals surface area contributed by atoms with Crippen LogP contribution in [0.1, 0.15) is 44.5 Å². The van der Waals surface area contributed by atoms with Gasteiger partial charge in [0.15, 0.2) is 0 Å². The molecule has 1 heterocycles. The number of rotatable bonds is 9. The van der Waals surface area contributed by atoms with Crippen molar-refractivity contribution in [3.63, 3.8) is 0 Å². The number of hydrogen-bond acceptors (Lipinski definition) is 3. The largest absolute Gasteiger partial charge is 0.326 e. The van der Waals surface area contributed by atoms with Crippen molar-refractivity contribution in [1.29, 1.82) is 0 Å². The van der Waals surface area contributed by atoms with Crippen molar-refractivity contribution in [2.45, 2.75) is 52.7 Å². The van der Waals surface area contributed by atoms with Gasteiger partial charge in [0, 0.05) is 30.2 Å². The Kier molecular flexibility index (Phi) is 7.29. The van der Waals surface area contributed by atoms with Crippen LogP contribution >= 0.6 is 11.6 Å². The molecule has 0 aliphatic heterocycles. The highest BCUT2D eigenvalue weighted by atomic mass is 35.5. The lowest BCUT2D eigenvalue weighted by atomic mass is 10.1. The van der Waals surface area contributed by atoms with E-state index in [4.69, 9.17) is 16.6 Å². The fourth-order valence-corrected chi connectivity index (χ4v) is 3.76. The molecule has 2 aromatic carbocycles. The molecule has 154 valence electrons. The fraction of sp³-hybridized carbons (Fsp3) is 0.391. The second kappa shape index (κ2) is 9.90. The first-order valence-electron chi connectivity index (χ1n) is 10.3. The Morgan fingerprint density at radius 2 is 2.00 bits per heavy atom. The lowest BCUT2D eigenvalue weighted by Gasteiger charge is -2.24. The second-order valence-electron chi connectivity index (χ2n) is 7.24. The van der Waals surface area contributed by atoms with Crippen LogP contribution in [0.3, 0.4) is 0 Å². The van der Waals surface area contributed by atoms with Gasteiger partial charge in [-0.25, -0.2) is 4.98 Å². The van der Waals surface area contributed by atoms with Gasteiger partial charge in [-0.3, -0.25) is 4.79 Å². The summed E-state index contributed by atoms with van der Waals surface area (Å²) in [5, 5.41) is 3.87. The molecule has 29 heavy (non-hydrogen) atoms. The van der Waals surface area contributed by atoms with E-state index >= 15 is 0 Å². The summed E-state index contributed by atoms with van der Waals surface area (Å²) in [5.74, 6) is 0.995. The van der Waals surface area contributed by atoms with E-state index in [9.17, 15) is 4.79 Å². The van der Waals surface area contributed by atoms with Gasteiger partial charge in [-0.15, -0.1) is 0 Å². The van der Waals surface area contributed by atoms with E-state index < -0.39 is 0 Å². The number of hydrogen-bond donors (Lipinski definition) is 1. The third-order valence-corrected chi connectivity index (χ3v) is 5.14. The number of carbonyl (C=O) groups excluding carboxylic acids is 1. The number of nitrogens with one attached hydrogen (secondary N) is 1. The summed E-state index contributed by atoms with van der Waals surface area (Å²) in [6, 6.07) is 13.9. The molecule has 0 saturated carbocycles. The first-order valence-corrected chi connectivity index (χ1v) is 10.6. The quantitative estimate of drug-likeness (QED) is 0.528. The van der Waals surface area contributed by atoms with Gasteiger partial charge in [0.05, 0.1) is 17.6 Å². The fourth-order valence-electron chi connectivity index (χ4n) is 3.59. The summed E-state index contributed by atoms with van der Waals surface area (Å²) in [7, 11) is 1.92. The number of fused-ring (bicyclic) bond motifs is 1. The molecule has 0 bridgehead atoms. The smallest absolute Gasteiger partial charge is 0.227 e. The monoisotopic (exact) mass is 412 g/mol. The number of halogens is 1. The van der Waals surface area contributed by atoms with Crippen LogP contribution in [0.25, 0.3) is 11.0 Å². The maximum Gasteiger partial charge on any atom is 0.227 e. The number of nitrogens with zero attached hydrogens (tertiary/aromatic N) is 3. The molecule has 1 aromatic heterocycles. The zero-order chi connectivity index (χ0) is 20.8. The van der Waals surface area contributed by atoms with Crippen LogP contribution in [0.15, 0.2) is 42.5 Å². The molecule has 0 spiro atoms. The van der Waals surface area contributed by atoms with E-state index in [2.05, 4.69) is 28.9 Å². The number of benzene rings is 2. The minimum atomic E-state index is 0.113. The zero-order valence-corrected chi connectivity index (χ0v) is 18.2. The van der Waals surface area contributed by atoms with Gasteiger partial charge >= 0.3 is 0 Å². The first-order chi connectivity index (χ1) is 14.1. The number of aromatic nitrogens is 2. The Balaban J connectivity index is 2.03. The molecule has 1 N–H and O–H groups in total. The number of anilines is 1. The average molecular weight is 413 g/mol. The van der Waals surface area contributed by atoms with Crippen LogP contribution in [0.2, 0.25) is 5.02 Å². The van der Waals surface area contributed by atoms with E-state index in [1.54, 1.807) is 0 Å². The van der Waals surface area contributed by atoms with Gasteiger partial charge < -0.3 is 14.8 Å². The predicted molar refractivity (Wildman–Crippen MR) is 120 cm³/mol. The third-order valence-electron chi connectivity index (χ3n) is 4.90. The van der Waals surface area contributed by atoms with Gasteiger partial charge in [0.1, 0.15) is 5.82 Å². The summed E-state index contributed by atoms with van der Waals surface area (Å²) < 4.78 is 2.19. The molecule has 0 aliphatic carbocycles. The summed E-state index contributed by atoms with van der Waals surface area (Å²) in [6.45, 7) is 6.20. The standard InChI is InChI=1S/C23H29ClN4O/c1-4-7-23(29)28(19-9-6-8-17(13-19)15-25-3)16-22-26-20-11-10-18(24)14-21(20)27(22)12-5-2/h6,8-11,13-14,25H,4-5,7,12,15-16H2,1-3H3. The Labute approximate surface area is 177 Å². The molecule has 0 fully saturated rings. The van der Waals surface area contributed by atoms with Crippen LogP contribution in [0, 0.1) is 0 Å². The molecular weight excluding hydrogens is 384 g/mol. The van der Waals surface area contributed by atoms with E-state index in [1.165, 1.54) is 0 Å². The van der Waals surface area contributed by atoms with Crippen LogP contribution in [0.4, 0.5) is 5.69 Å². The molecule has 3 aromatic rings. The van der Waals surface area contributed by atoms with Gasteiger partial charge in [0.2, 0.25) is 5.91 Å². The van der Waals surface area contributed by atoms with Gasteiger partial charge in [-0.2, -0.15) is 0 Å². The minimum absolute atomic E-state index is 0.113. The molecule has 0 saturated heterocycles. The van der Waals surface area contributed by atoms with E-state index in [-0.39, 0.29) is 5.91 Å². The van der Waals surface area contributed by atoms with Gasteiger partial charge in [-0.1, -0.05) is 37.6 Å². The summed E-state index contributed by atoms with van der Waals surface area (Å²) in [4.78, 5) is 19.7. The Morgan fingerprint density at radius 3 is 2.72 bits per heavy atom. The maximum absolute atomic E-state index is 13.0.